The van der Waals surface area contributed by atoms with Gasteiger partial charge in [-0.1, -0.05) is 13.0 Å². The Morgan fingerprint density at radius 1 is 1.43 bits per heavy atom. The lowest BCUT2D eigenvalue weighted by atomic mass is 9.93. The molecule has 2 atom stereocenters. The van der Waals surface area contributed by atoms with Crippen LogP contribution in [0.3, 0.4) is 0 Å². The van der Waals surface area contributed by atoms with Crippen LogP contribution < -0.4 is 5.32 Å². The second-order valence-electron chi connectivity index (χ2n) is 4.06. The fourth-order valence-electron chi connectivity index (χ4n) is 1.88. The Kier molecular flexibility index (Phi) is 2.77. The monoisotopic (exact) mass is 194 g/mol. The summed E-state index contributed by atoms with van der Waals surface area (Å²) in [6.45, 7) is 3.29. The fraction of sp³-hybridized carbons (Fsp3) is 0.545. The van der Waals surface area contributed by atoms with Gasteiger partial charge in [0.1, 0.15) is 0 Å². The molecule has 0 saturated carbocycles. The zero-order chi connectivity index (χ0) is 9.97. The molecule has 14 heavy (non-hydrogen) atoms. The summed E-state index contributed by atoms with van der Waals surface area (Å²) in [6.07, 6.45) is 3.98. The maximum Gasteiger partial charge on any atom is 0.212 e. The van der Waals surface area contributed by atoms with Crippen LogP contribution in [0.25, 0.3) is 0 Å². The van der Waals surface area contributed by atoms with Crippen molar-refractivity contribution in [1.82, 2.24) is 10.3 Å². The normalized spacial score (nSPS) is 27.6. The molecule has 1 saturated heterocycles. The molecule has 1 aliphatic rings. The molecule has 0 radical (unpaired) electrons. The smallest absolute Gasteiger partial charge is 0.212 e. The van der Waals surface area contributed by atoms with Crippen LogP contribution in [-0.2, 0) is 0 Å². The number of hydrogen-bond donors (Lipinski definition) is 1. The van der Waals surface area contributed by atoms with E-state index in [9.17, 15) is 4.39 Å². The number of nitrogens with zero attached hydrogens (tertiary/aromatic N) is 1. The molecule has 1 unspecified atom stereocenters. The van der Waals surface area contributed by atoms with Gasteiger partial charge in [0.05, 0.1) is 0 Å². The third kappa shape index (κ3) is 2.10. The minimum absolute atomic E-state index is 0.360. The topological polar surface area (TPSA) is 24.9 Å². The van der Waals surface area contributed by atoms with E-state index in [1.165, 1.54) is 12.5 Å². The van der Waals surface area contributed by atoms with Crippen molar-refractivity contribution in [3.05, 3.63) is 29.8 Å². The molecule has 1 fully saturated rings. The van der Waals surface area contributed by atoms with Crippen molar-refractivity contribution in [3.63, 3.8) is 0 Å². The van der Waals surface area contributed by atoms with Crippen molar-refractivity contribution in [1.29, 1.82) is 0 Å². The summed E-state index contributed by atoms with van der Waals surface area (Å²) in [6, 6.07) is 3.60. The first-order valence-electron chi connectivity index (χ1n) is 5.10. The van der Waals surface area contributed by atoms with Crippen molar-refractivity contribution < 1.29 is 4.39 Å². The molecule has 2 rings (SSSR count). The van der Waals surface area contributed by atoms with Gasteiger partial charge in [-0.3, -0.25) is 0 Å². The maximum absolute atomic E-state index is 12.6. The van der Waals surface area contributed by atoms with E-state index >= 15 is 0 Å². The number of pyridine rings is 1. The predicted octanol–water partition coefficient (Wildman–Crippen LogP) is 2.28. The SMILES string of the molecule is C[C@H]1CCC(c2ccc(F)nc2)NC1. The van der Waals surface area contributed by atoms with Gasteiger partial charge in [0.15, 0.2) is 0 Å². The number of piperidine rings is 1. The summed E-state index contributed by atoms with van der Waals surface area (Å²) >= 11 is 0. The van der Waals surface area contributed by atoms with E-state index in [1.54, 1.807) is 6.20 Å². The van der Waals surface area contributed by atoms with E-state index < -0.39 is 5.95 Å². The Morgan fingerprint density at radius 3 is 2.86 bits per heavy atom. The third-order valence-corrected chi connectivity index (χ3v) is 2.81. The Balaban J connectivity index is 2.05. The van der Waals surface area contributed by atoms with Crippen molar-refractivity contribution in [2.24, 2.45) is 5.92 Å². The lowest BCUT2D eigenvalue weighted by molar-refractivity contribution is 0.332. The molecule has 76 valence electrons. The number of halogens is 1. The minimum Gasteiger partial charge on any atom is -0.310 e. The molecule has 0 aliphatic carbocycles. The number of hydrogen-bond acceptors (Lipinski definition) is 2. The van der Waals surface area contributed by atoms with Crippen LogP contribution in [0, 0.1) is 11.9 Å². The Hall–Kier alpha value is -0.960. The van der Waals surface area contributed by atoms with Gasteiger partial charge in [-0.05, 0) is 36.9 Å². The molecule has 1 aliphatic heterocycles. The van der Waals surface area contributed by atoms with E-state index in [-0.39, 0.29) is 0 Å². The van der Waals surface area contributed by atoms with Crippen LogP contribution in [0.15, 0.2) is 18.3 Å². The quantitative estimate of drug-likeness (QED) is 0.694. The third-order valence-electron chi connectivity index (χ3n) is 2.81. The van der Waals surface area contributed by atoms with Gasteiger partial charge in [-0.25, -0.2) is 4.98 Å². The van der Waals surface area contributed by atoms with Crippen LogP contribution in [0.5, 0.6) is 0 Å². The first-order valence-corrected chi connectivity index (χ1v) is 5.10. The van der Waals surface area contributed by atoms with Crippen molar-refractivity contribution in [3.8, 4) is 0 Å². The van der Waals surface area contributed by atoms with Gasteiger partial charge in [-0.15, -0.1) is 0 Å². The van der Waals surface area contributed by atoms with Crippen LogP contribution >= 0.6 is 0 Å². The van der Waals surface area contributed by atoms with E-state index in [1.807, 2.05) is 6.07 Å². The van der Waals surface area contributed by atoms with Crippen molar-refractivity contribution in [2.45, 2.75) is 25.8 Å². The minimum atomic E-state index is -0.405. The Bertz CT molecular complexity index is 289. The van der Waals surface area contributed by atoms with Gasteiger partial charge in [0.25, 0.3) is 0 Å². The summed E-state index contributed by atoms with van der Waals surface area (Å²) in [5.74, 6) is 0.345. The average molecular weight is 194 g/mol. The Labute approximate surface area is 83.6 Å². The van der Waals surface area contributed by atoms with Crippen LogP contribution in [0.4, 0.5) is 4.39 Å². The van der Waals surface area contributed by atoms with Crippen molar-refractivity contribution in [2.75, 3.05) is 6.54 Å². The van der Waals surface area contributed by atoms with Crippen LogP contribution in [-0.4, -0.2) is 11.5 Å². The zero-order valence-corrected chi connectivity index (χ0v) is 8.33. The van der Waals surface area contributed by atoms with Crippen molar-refractivity contribution >= 4 is 0 Å². The van der Waals surface area contributed by atoms with Gasteiger partial charge in [-0.2, -0.15) is 4.39 Å². The largest absolute Gasteiger partial charge is 0.310 e. The number of nitrogens with one attached hydrogen (secondary N) is 1. The lowest BCUT2D eigenvalue weighted by Gasteiger charge is -2.27. The standard InChI is InChI=1S/C11H15FN2/c1-8-2-4-10(13-6-8)9-3-5-11(12)14-7-9/h3,5,7-8,10,13H,2,4,6H2,1H3/t8-,10?/m0/s1. The number of aromatic nitrogens is 1. The van der Waals surface area contributed by atoms with E-state index in [2.05, 4.69) is 17.2 Å². The molecular weight excluding hydrogens is 179 g/mol. The van der Waals surface area contributed by atoms with Crippen LogP contribution in [0.2, 0.25) is 0 Å². The lowest BCUT2D eigenvalue weighted by Crippen LogP contribution is -2.31. The fourth-order valence-corrected chi connectivity index (χ4v) is 1.88. The molecule has 0 aromatic carbocycles. The van der Waals surface area contributed by atoms with Crippen LogP contribution in [0.1, 0.15) is 31.4 Å². The predicted molar refractivity (Wildman–Crippen MR) is 53.3 cm³/mol. The second kappa shape index (κ2) is 4.05. The van der Waals surface area contributed by atoms with E-state index in [0.29, 0.717) is 6.04 Å². The van der Waals surface area contributed by atoms with E-state index in [0.717, 1.165) is 24.4 Å². The molecule has 1 aromatic rings. The van der Waals surface area contributed by atoms with Gasteiger partial charge in [0.2, 0.25) is 5.95 Å². The highest BCUT2D eigenvalue weighted by Gasteiger charge is 2.18. The summed E-state index contributed by atoms with van der Waals surface area (Å²) in [4.78, 5) is 3.67. The summed E-state index contributed by atoms with van der Waals surface area (Å²) in [7, 11) is 0. The first kappa shape index (κ1) is 9.59. The molecule has 1 N–H and O–H groups in total. The number of rotatable bonds is 1. The molecule has 0 bridgehead atoms. The second-order valence-corrected chi connectivity index (χ2v) is 4.06. The molecule has 2 nitrogen and oxygen atoms in total. The average Bonchev–Trinajstić information content (AvgIpc) is 2.21. The Morgan fingerprint density at radius 2 is 2.29 bits per heavy atom. The first-order chi connectivity index (χ1) is 6.75. The molecule has 2 heterocycles. The molecule has 3 heteroatoms. The van der Waals surface area contributed by atoms with E-state index in [4.69, 9.17) is 0 Å². The molecule has 0 amide bonds. The maximum atomic E-state index is 12.6. The van der Waals surface area contributed by atoms with Gasteiger partial charge in [0, 0.05) is 12.2 Å². The highest BCUT2D eigenvalue weighted by atomic mass is 19.1. The summed E-state index contributed by atoms with van der Waals surface area (Å²) in [5, 5.41) is 3.44. The zero-order valence-electron chi connectivity index (χ0n) is 8.33. The van der Waals surface area contributed by atoms with Gasteiger partial charge >= 0.3 is 0 Å². The molecular formula is C11H15FN2. The molecule has 0 spiro atoms. The highest BCUT2D eigenvalue weighted by Crippen LogP contribution is 2.24. The molecule has 1 aromatic heterocycles. The van der Waals surface area contributed by atoms with Gasteiger partial charge < -0.3 is 5.32 Å². The highest BCUT2D eigenvalue weighted by molar-refractivity contribution is 5.15. The summed E-state index contributed by atoms with van der Waals surface area (Å²) in [5.41, 5.74) is 1.10. The summed E-state index contributed by atoms with van der Waals surface area (Å²) < 4.78 is 12.6.